The molecule has 0 saturated carbocycles. The molecule has 0 bridgehead atoms. The number of hydrogen-bond acceptors (Lipinski definition) is 3. The molecule has 0 radical (unpaired) electrons. The van der Waals surface area contributed by atoms with Gasteiger partial charge in [0.1, 0.15) is 5.82 Å². The Balaban J connectivity index is 2.00. The van der Waals surface area contributed by atoms with Crippen LogP contribution in [0.5, 0.6) is 0 Å². The summed E-state index contributed by atoms with van der Waals surface area (Å²) in [7, 11) is 3.62. The minimum absolute atomic E-state index is 0.268. The zero-order chi connectivity index (χ0) is 18.2. The predicted molar refractivity (Wildman–Crippen MR) is 101 cm³/mol. The summed E-state index contributed by atoms with van der Waals surface area (Å²) in [6.45, 7) is 0.957. The SMILES string of the molecule is CN=C(NCc1cc(C#N)ccc1F)N(C)Cc1ccc(SC)cc1. The molecule has 0 saturated heterocycles. The van der Waals surface area contributed by atoms with Gasteiger partial charge in [-0.25, -0.2) is 4.39 Å². The molecule has 0 spiro atoms. The van der Waals surface area contributed by atoms with Gasteiger partial charge in [-0.1, -0.05) is 12.1 Å². The van der Waals surface area contributed by atoms with Gasteiger partial charge in [-0.15, -0.1) is 11.8 Å². The molecule has 130 valence electrons. The van der Waals surface area contributed by atoms with Crippen LogP contribution in [0.25, 0.3) is 0 Å². The Morgan fingerprint density at radius 2 is 2.00 bits per heavy atom. The van der Waals surface area contributed by atoms with Gasteiger partial charge in [-0.05, 0) is 42.2 Å². The fraction of sp³-hybridized carbons (Fsp3) is 0.263. The van der Waals surface area contributed by atoms with Crippen LogP contribution in [0.1, 0.15) is 16.7 Å². The van der Waals surface area contributed by atoms with E-state index in [0.29, 0.717) is 23.6 Å². The van der Waals surface area contributed by atoms with Crippen molar-refractivity contribution in [2.45, 2.75) is 18.0 Å². The number of nitriles is 1. The highest BCUT2D eigenvalue weighted by molar-refractivity contribution is 7.98. The van der Waals surface area contributed by atoms with E-state index in [4.69, 9.17) is 5.26 Å². The number of nitrogens with zero attached hydrogens (tertiary/aromatic N) is 3. The molecule has 0 unspecified atom stereocenters. The van der Waals surface area contributed by atoms with Crippen LogP contribution in [0.15, 0.2) is 52.4 Å². The summed E-state index contributed by atoms with van der Waals surface area (Å²) in [6.07, 6.45) is 2.05. The second kappa shape index (κ2) is 9.09. The van der Waals surface area contributed by atoms with E-state index in [1.54, 1.807) is 24.9 Å². The molecule has 25 heavy (non-hydrogen) atoms. The lowest BCUT2D eigenvalue weighted by atomic mass is 10.1. The monoisotopic (exact) mass is 356 g/mol. The number of nitrogens with one attached hydrogen (secondary N) is 1. The number of guanidine groups is 1. The highest BCUT2D eigenvalue weighted by atomic mass is 32.2. The van der Waals surface area contributed by atoms with Crippen molar-refractivity contribution >= 4 is 17.7 Å². The van der Waals surface area contributed by atoms with Gasteiger partial charge >= 0.3 is 0 Å². The standard InChI is InChI=1S/C19H21FN4S/c1-22-19(23-12-16-10-15(11-21)6-9-18(16)20)24(2)13-14-4-7-17(25-3)8-5-14/h4-10H,12-13H2,1-3H3,(H,22,23). The van der Waals surface area contributed by atoms with Crippen LogP contribution in [0.3, 0.4) is 0 Å². The number of halogens is 1. The summed E-state index contributed by atoms with van der Waals surface area (Å²) < 4.78 is 13.9. The third-order valence-corrected chi connectivity index (χ3v) is 4.51. The van der Waals surface area contributed by atoms with Crippen molar-refractivity contribution < 1.29 is 4.39 Å². The zero-order valence-electron chi connectivity index (χ0n) is 14.6. The predicted octanol–water partition coefficient (Wildman–Crippen LogP) is 3.63. The normalized spacial score (nSPS) is 11.1. The fourth-order valence-corrected chi connectivity index (χ4v) is 2.83. The van der Waals surface area contributed by atoms with Crippen LogP contribution >= 0.6 is 11.8 Å². The largest absolute Gasteiger partial charge is 0.352 e. The van der Waals surface area contributed by atoms with Crippen LogP contribution in [0.4, 0.5) is 4.39 Å². The van der Waals surface area contributed by atoms with Gasteiger partial charge in [0, 0.05) is 37.6 Å². The van der Waals surface area contributed by atoms with Gasteiger partial charge < -0.3 is 10.2 Å². The smallest absolute Gasteiger partial charge is 0.193 e. The first-order valence-electron chi connectivity index (χ1n) is 7.80. The average molecular weight is 356 g/mol. The highest BCUT2D eigenvalue weighted by Crippen LogP contribution is 2.16. The molecule has 0 aliphatic heterocycles. The van der Waals surface area contributed by atoms with Crippen molar-refractivity contribution in [1.82, 2.24) is 10.2 Å². The molecule has 0 atom stereocenters. The van der Waals surface area contributed by atoms with Gasteiger partial charge in [0.15, 0.2) is 5.96 Å². The number of hydrogen-bond donors (Lipinski definition) is 1. The molecule has 0 heterocycles. The number of benzene rings is 2. The number of thioether (sulfide) groups is 1. The van der Waals surface area contributed by atoms with E-state index < -0.39 is 0 Å². The summed E-state index contributed by atoms with van der Waals surface area (Å²) in [5.41, 5.74) is 2.05. The van der Waals surface area contributed by atoms with Crippen LogP contribution in [-0.2, 0) is 13.1 Å². The van der Waals surface area contributed by atoms with Crippen molar-refractivity contribution in [1.29, 1.82) is 5.26 Å². The molecule has 0 aromatic heterocycles. The van der Waals surface area contributed by atoms with Crippen LogP contribution < -0.4 is 5.32 Å². The molecule has 2 aromatic rings. The maximum Gasteiger partial charge on any atom is 0.193 e. The van der Waals surface area contributed by atoms with E-state index in [1.807, 2.05) is 24.3 Å². The molecule has 0 fully saturated rings. The molecule has 0 aliphatic rings. The van der Waals surface area contributed by atoms with Crippen LogP contribution in [0.2, 0.25) is 0 Å². The lowest BCUT2D eigenvalue weighted by Gasteiger charge is -2.22. The van der Waals surface area contributed by atoms with Crippen LogP contribution in [0, 0.1) is 17.1 Å². The third kappa shape index (κ3) is 5.23. The second-order valence-electron chi connectivity index (χ2n) is 5.52. The zero-order valence-corrected chi connectivity index (χ0v) is 15.4. The van der Waals surface area contributed by atoms with Gasteiger partial charge in [-0.2, -0.15) is 5.26 Å². The first kappa shape index (κ1) is 18.8. The molecule has 2 rings (SSSR count). The van der Waals surface area contributed by atoms with Gasteiger partial charge in [0.25, 0.3) is 0 Å². The topological polar surface area (TPSA) is 51.4 Å². The Hall–Kier alpha value is -2.52. The number of rotatable bonds is 5. The molecule has 0 aliphatic carbocycles. The van der Waals surface area contributed by atoms with Crippen molar-refractivity contribution in [2.75, 3.05) is 20.4 Å². The average Bonchev–Trinajstić information content (AvgIpc) is 2.64. The molecule has 0 amide bonds. The minimum atomic E-state index is -0.336. The lowest BCUT2D eigenvalue weighted by molar-refractivity contribution is 0.475. The van der Waals surface area contributed by atoms with E-state index in [1.165, 1.54) is 22.6 Å². The molecular formula is C19H21FN4S. The first-order valence-corrected chi connectivity index (χ1v) is 9.03. The van der Waals surface area contributed by atoms with Gasteiger partial charge in [0.2, 0.25) is 0 Å². The first-order chi connectivity index (χ1) is 12.1. The molecule has 1 N–H and O–H groups in total. The Morgan fingerprint density at radius 3 is 2.60 bits per heavy atom. The van der Waals surface area contributed by atoms with E-state index in [9.17, 15) is 4.39 Å². The molecule has 4 nitrogen and oxygen atoms in total. The van der Waals surface area contributed by atoms with Crippen molar-refractivity contribution in [3.8, 4) is 6.07 Å². The molecular weight excluding hydrogens is 335 g/mol. The summed E-state index contributed by atoms with van der Waals surface area (Å²) >= 11 is 1.71. The summed E-state index contributed by atoms with van der Waals surface area (Å²) in [4.78, 5) is 7.44. The van der Waals surface area contributed by atoms with E-state index in [0.717, 1.165) is 0 Å². The Morgan fingerprint density at radius 1 is 1.28 bits per heavy atom. The number of aliphatic imine (C=N–C) groups is 1. The molecule has 2 aromatic carbocycles. The Bertz CT molecular complexity index is 781. The second-order valence-corrected chi connectivity index (χ2v) is 6.40. The highest BCUT2D eigenvalue weighted by Gasteiger charge is 2.09. The van der Waals surface area contributed by atoms with Crippen molar-refractivity contribution in [3.05, 3.63) is 65.0 Å². The van der Waals surface area contributed by atoms with Crippen molar-refractivity contribution in [3.63, 3.8) is 0 Å². The van der Waals surface area contributed by atoms with Gasteiger partial charge in [-0.3, -0.25) is 4.99 Å². The van der Waals surface area contributed by atoms with E-state index in [-0.39, 0.29) is 12.4 Å². The Labute approximate surface area is 152 Å². The summed E-state index contributed by atoms with van der Waals surface area (Å²) in [6, 6.07) is 14.7. The maximum atomic E-state index is 13.9. The van der Waals surface area contributed by atoms with E-state index in [2.05, 4.69) is 34.6 Å². The van der Waals surface area contributed by atoms with Gasteiger partial charge in [0.05, 0.1) is 11.6 Å². The van der Waals surface area contributed by atoms with Crippen LogP contribution in [-0.4, -0.2) is 31.2 Å². The maximum absolute atomic E-state index is 13.9. The summed E-state index contributed by atoms with van der Waals surface area (Å²) in [5.74, 6) is 0.327. The fourth-order valence-electron chi connectivity index (χ4n) is 2.42. The van der Waals surface area contributed by atoms with Crippen molar-refractivity contribution in [2.24, 2.45) is 4.99 Å². The summed E-state index contributed by atoms with van der Waals surface area (Å²) in [5, 5.41) is 12.1. The van der Waals surface area contributed by atoms with E-state index >= 15 is 0 Å². The molecule has 6 heteroatoms. The quantitative estimate of drug-likeness (QED) is 0.505. The minimum Gasteiger partial charge on any atom is -0.352 e. The lowest BCUT2D eigenvalue weighted by Crippen LogP contribution is -2.38. The third-order valence-electron chi connectivity index (χ3n) is 3.76. The Kier molecular flexibility index (Phi) is 6.84.